The zero-order chi connectivity index (χ0) is 10.7. The second-order valence-corrected chi connectivity index (χ2v) is 5.66. The van der Waals surface area contributed by atoms with E-state index in [1.54, 1.807) is 0 Å². The Labute approximate surface area is 83.2 Å². The van der Waals surface area contributed by atoms with Crippen LogP contribution in [0.1, 0.15) is 41.5 Å². The molecule has 0 aliphatic carbocycles. The van der Waals surface area contributed by atoms with Gasteiger partial charge in [-0.05, 0) is 32.3 Å². The minimum Gasteiger partial charge on any atom is -0.234 e. The number of nitrogens with zero attached hydrogens (tertiary/aromatic N) is 1. The van der Waals surface area contributed by atoms with Crippen LogP contribution in [0.3, 0.4) is 0 Å². The van der Waals surface area contributed by atoms with Crippen molar-refractivity contribution < 1.29 is 4.58 Å². The molecule has 0 aliphatic heterocycles. The van der Waals surface area contributed by atoms with Crippen LogP contribution in [0, 0.1) is 5.41 Å². The third-order valence-corrected chi connectivity index (χ3v) is 1.96. The maximum Gasteiger partial charge on any atom is 0.163 e. The number of hydrogen-bond donors (Lipinski definition) is 0. The molecule has 0 bridgehead atoms. The molecule has 0 atom stereocenters. The fourth-order valence-corrected chi connectivity index (χ4v) is 0.684. The fraction of sp³-hybridized carbons (Fsp3) is 0.750. The largest absolute Gasteiger partial charge is 0.234 e. The lowest BCUT2D eigenvalue weighted by Crippen LogP contribution is -2.30. The lowest BCUT2D eigenvalue weighted by Gasteiger charge is -2.13. The van der Waals surface area contributed by atoms with Gasteiger partial charge in [-0.25, -0.2) is 4.58 Å². The van der Waals surface area contributed by atoms with Crippen molar-refractivity contribution >= 4 is 6.21 Å². The highest BCUT2D eigenvalue weighted by Gasteiger charge is 2.18. The number of hydrogen-bond acceptors (Lipinski definition) is 0. The summed E-state index contributed by atoms with van der Waals surface area (Å²) in [6, 6.07) is 0. The van der Waals surface area contributed by atoms with E-state index in [1.165, 1.54) is 0 Å². The van der Waals surface area contributed by atoms with E-state index in [2.05, 4.69) is 71.5 Å². The third-order valence-electron chi connectivity index (χ3n) is 1.96. The summed E-state index contributed by atoms with van der Waals surface area (Å²) in [5, 5.41) is 0. The Bertz CT molecular complexity index is 208. The Morgan fingerprint density at radius 3 is 1.69 bits per heavy atom. The van der Waals surface area contributed by atoms with Crippen molar-refractivity contribution in [2.75, 3.05) is 7.05 Å². The van der Waals surface area contributed by atoms with E-state index in [-0.39, 0.29) is 11.0 Å². The summed E-state index contributed by atoms with van der Waals surface area (Å²) < 4.78 is 2.22. The average Bonchev–Trinajstić information content (AvgIpc) is 1.82. The van der Waals surface area contributed by atoms with Crippen LogP contribution < -0.4 is 0 Å². The smallest absolute Gasteiger partial charge is 0.163 e. The number of allylic oxidation sites excluding steroid dienone is 2. The zero-order valence-electron chi connectivity index (χ0n) is 10.2. The van der Waals surface area contributed by atoms with Gasteiger partial charge in [-0.15, -0.1) is 0 Å². The average molecular weight is 182 g/mol. The molecule has 0 rings (SSSR count). The first-order valence-electron chi connectivity index (χ1n) is 4.88. The molecule has 0 fully saturated rings. The van der Waals surface area contributed by atoms with Crippen LogP contribution in [0.4, 0.5) is 0 Å². The van der Waals surface area contributed by atoms with Crippen molar-refractivity contribution in [3.05, 3.63) is 12.2 Å². The van der Waals surface area contributed by atoms with Crippen LogP contribution in [-0.4, -0.2) is 23.4 Å². The molecule has 1 nitrogen and oxygen atoms in total. The summed E-state index contributed by atoms with van der Waals surface area (Å²) in [4.78, 5) is 0. The molecule has 0 saturated heterocycles. The van der Waals surface area contributed by atoms with Gasteiger partial charge < -0.3 is 0 Å². The maximum absolute atomic E-state index is 2.22. The summed E-state index contributed by atoms with van der Waals surface area (Å²) in [5.41, 5.74) is 0.484. The first-order valence-corrected chi connectivity index (χ1v) is 4.88. The fourth-order valence-electron chi connectivity index (χ4n) is 0.684. The summed E-state index contributed by atoms with van der Waals surface area (Å²) in [5.74, 6) is 0. The highest BCUT2D eigenvalue weighted by molar-refractivity contribution is 5.66. The van der Waals surface area contributed by atoms with Gasteiger partial charge in [0.2, 0.25) is 0 Å². The van der Waals surface area contributed by atoms with Crippen LogP contribution in [0.15, 0.2) is 12.2 Å². The Morgan fingerprint density at radius 2 is 1.38 bits per heavy atom. The van der Waals surface area contributed by atoms with Crippen molar-refractivity contribution in [3.8, 4) is 0 Å². The molecule has 0 aromatic carbocycles. The molecular weight excluding hydrogens is 158 g/mol. The van der Waals surface area contributed by atoms with Crippen molar-refractivity contribution in [1.29, 1.82) is 0 Å². The second kappa shape index (κ2) is 4.08. The molecule has 0 radical (unpaired) electrons. The third kappa shape index (κ3) is 6.56. The molecule has 1 heteroatoms. The Morgan fingerprint density at radius 1 is 0.923 bits per heavy atom. The molecule has 0 aliphatic rings. The highest BCUT2D eigenvalue weighted by atomic mass is 15.0. The van der Waals surface area contributed by atoms with Gasteiger partial charge in [0.1, 0.15) is 7.05 Å². The standard InChI is InChI=1S/C12H24N/c1-11(2,3)9-8-10-13(7)12(4,5)6/h8-10H,1-7H3/q+1/b9-8-,13-10-. The second-order valence-electron chi connectivity index (χ2n) is 5.66. The van der Waals surface area contributed by atoms with Crippen LogP contribution in [0.5, 0.6) is 0 Å². The monoisotopic (exact) mass is 182 g/mol. The predicted octanol–water partition coefficient (Wildman–Crippen LogP) is 3.10. The van der Waals surface area contributed by atoms with Crippen LogP contribution in [-0.2, 0) is 0 Å². The molecule has 0 N–H and O–H groups in total. The quantitative estimate of drug-likeness (QED) is 0.433. The molecule has 0 unspecified atom stereocenters. The SMILES string of the molecule is C/[N+](=C/C=C\C(C)(C)C)C(C)(C)C. The van der Waals surface area contributed by atoms with E-state index >= 15 is 0 Å². The van der Waals surface area contributed by atoms with Crippen LogP contribution in [0.25, 0.3) is 0 Å². The van der Waals surface area contributed by atoms with E-state index in [9.17, 15) is 0 Å². The first-order chi connectivity index (χ1) is 5.63. The first kappa shape index (κ1) is 12.4. The normalized spacial score (nSPS) is 15.5. The van der Waals surface area contributed by atoms with Gasteiger partial charge in [0.15, 0.2) is 11.8 Å². The minimum absolute atomic E-state index is 0.211. The zero-order valence-corrected chi connectivity index (χ0v) is 10.2. The summed E-state index contributed by atoms with van der Waals surface area (Å²) >= 11 is 0. The van der Waals surface area contributed by atoms with Gasteiger partial charge in [-0.2, -0.15) is 0 Å². The Balaban J connectivity index is 4.37. The molecule has 0 heterocycles. The van der Waals surface area contributed by atoms with Gasteiger partial charge >= 0.3 is 0 Å². The predicted molar refractivity (Wildman–Crippen MR) is 60.6 cm³/mol. The molecule has 0 amide bonds. The lowest BCUT2D eigenvalue weighted by molar-refractivity contribution is -0.565. The minimum atomic E-state index is 0.211. The van der Waals surface area contributed by atoms with Crippen molar-refractivity contribution in [1.82, 2.24) is 0 Å². The van der Waals surface area contributed by atoms with Crippen LogP contribution in [0.2, 0.25) is 0 Å². The molecule has 76 valence electrons. The summed E-state index contributed by atoms with van der Waals surface area (Å²) in [7, 11) is 2.10. The van der Waals surface area contributed by atoms with Gasteiger partial charge in [0, 0.05) is 0 Å². The van der Waals surface area contributed by atoms with Crippen molar-refractivity contribution in [3.63, 3.8) is 0 Å². The molecule has 0 aromatic heterocycles. The Kier molecular flexibility index (Phi) is 3.89. The summed E-state index contributed by atoms with van der Waals surface area (Å²) in [6.45, 7) is 13.2. The van der Waals surface area contributed by atoms with E-state index in [0.29, 0.717) is 0 Å². The van der Waals surface area contributed by atoms with E-state index in [4.69, 9.17) is 0 Å². The van der Waals surface area contributed by atoms with Gasteiger partial charge in [0.05, 0.1) is 0 Å². The topological polar surface area (TPSA) is 3.01 Å². The van der Waals surface area contributed by atoms with Gasteiger partial charge in [-0.1, -0.05) is 26.8 Å². The molecule has 0 aromatic rings. The molecule has 0 saturated carbocycles. The van der Waals surface area contributed by atoms with E-state index in [0.717, 1.165) is 0 Å². The summed E-state index contributed by atoms with van der Waals surface area (Å²) in [6.07, 6.45) is 6.48. The van der Waals surface area contributed by atoms with Crippen LogP contribution >= 0.6 is 0 Å². The van der Waals surface area contributed by atoms with Gasteiger partial charge in [0.25, 0.3) is 0 Å². The molecule has 13 heavy (non-hydrogen) atoms. The van der Waals surface area contributed by atoms with Gasteiger partial charge in [-0.3, -0.25) is 0 Å². The highest BCUT2D eigenvalue weighted by Crippen LogP contribution is 2.13. The number of rotatable bonds is 1. The molecular formula is C12H24N+. The molecule has 0 spiro atoms. The van der Waals surface area contributed by atoms with E-state index in [1.807, 2.05) is 0 Å². The van der Waals surface area contributed by atoms with Crippen molar-refractivity contribution in [2.24, 2.45) is 5.41 Å². The Hall–Kier alpha value is -0.590. The van der Waals surface area contributed by atoms with E-state index < -0.39 is 0 Å². The lowest BCUT2D eigenvalue weighted by atomic mass is 9.96. The van der Waals surface area contributed by atoms with Crippen molar-refractivity contribution in [2.45, 2.75) is 47.1 Å². The maximum atomic E-state index is 2.22.